The van der Waals surface area contributed by atoms with Crippen LogP contribution in [-0.4, -0.2) is 48.3 Å². The van der Waals surface area contributed by atoms with E-state index in [4.69, 9.17) is 4.74 Å². The van der Waals surface area contributed by atoms with Gasteiger partial charge >= 0.3 is 12.0 Å². The number of esters is 1. The van der Waals surface area contributed by atoms with Crippen molar-refractivity contribution in [3.63, 3.8) is 0 Å². The summed E-state index contributed by atoms with van der Waals surface area (Å²) in [6.45, 7) is 0.260. The average molecular weight is 326 g/mol. The SMILES string of the molecule is O=C(CCSc1ccc(F)cc1)OCC(=O)N1CCNC1=O. The Morgan fingerprint density at radius 1 is 1.32 bits per heavy atom. The smallest absolute Gasteiger partial charge is 0.324 e. The summed E-state index contributed by atoms with van der Waals surface area (Å²) in [7, 11) is 0. The molecule has 1 N–H and O–H groups in total. The summed E-state index contributed by atoms with van der Waals surface area (Å²) in [6, 6.07) is 5.48. The van der Waals surface area contributed by atoms with Gasteiger partial charge in [-0.25, -0.2) is 9.18 Å². The number of thioether (sulfide) groups is 1. The van der Waals surface area contributed by atoms with Gasteiger partial charge in [0.2, 0.25) is 0 Å². The zero-order chi connectivity index (χ0) is 15.9. The number of amides is 3. The number of hydrogen-bond donors (Lipinski definition) is 1. The van der Waals surface area contributed by atoms with Crippen molar-refractivity contribution in [2.75, 3.05) is 25.4 Å². The largest absolute Gasteiger partial charge is 0.456 e. The van der Waals surface area contributed by atoms with E-state index in [-0.39, 0.29) is 18.8 Å². The van der Waals surface area contributed by atoms with E-state index in [1.807, 2.05) is 0 Å². The van der Waals surface area contributed by atoms with Gasteiger partial charge in [-0.15, -0.1) is 11.8 Å². The molecule has 0 unspecified atom stereocenters. The van der Waals surface area contributed by atoms with E-state index in [1.54, 1.807) is 12.1 Å². The number of imide groups is 1. The molecule has 0 saturated carbocycles. The van der Waals surface area contributed by atoms with Crippen LogP contribution in [0.1, 0.15) is 6.42 Å². The zero-order valence-corrected chi connectivity index (χ0v) is 12.5. The zero-order valence-electron chi connectivity index (χ0n) is 11.7. The highest BCUT2D eigenvalue weighted by Gasteiger charge is 2.26. The van der Waals surface area contributed by atoms with Crippen molar-refractivity contribution in [3.8, 4) is 0 Å². The molecule has 0 aromatic heterocycles. The summed E-state index contributed by atoms with van der Waals surface area (Å²) in [5.74, 6) is -0.895. The second kappa shape index (κ2) is 7.79. The van der Waals surface area contributed by atoms with Crippen molar-refractivity contribution in [1.29, 1.82) is 0 Å². The first-order valence-electron chi connectivity index (χ1n) is 6.68. The number of nitrogens with zero attached hydrogens (tertiary/aromatic N) is 1. The first kappa shape index (κ1) is 16.3. The van der Waals surface area contributed by atoms with Gasteiger partial charge in [-0.1, -0.05) is 0 Å². The standard InChI is InChI=1S/C14H15FN2O4S/c15-10-1-3-11(4-2-10)22-8-5-13(19)21-9-12(18)17-7-6-16-14(17)20/h1-4H,5-9H2,(H,16,20). The Hall–Kier alpha value is -2.09. The van der Waals surface area contributed by atoms with E-state index in [0.717, 1.165) is 9.80 Å². The van der Waals surface area contributed by atoms with Gasteiger partial charge in [0.05, 0.1) is 6.42 Å². The van der Waals surface area contributed by atoms with Crippen LogP contribution < -0.4 is 5.32 Å². The molecule has 0 aliphatic carbocycles. The van der Waals surface area contributed by atoms with Crippen LogP contribution in [0.2, 0.25) is 0 Å². The molecule has 0 radical (unpaired) electrons. The number of halogens is 1. The molecule has 0 bridgehead atoms. The number of hydrogen-bond acceptors (Lipinski definition) is 5. The molecule has 1 aromatic rings. The summed E-state index contributed by atoms with van der Waals surface area (Å²) in [5.41, 5.74) is 0. The molecule has 22 heavy (non-hydrogen) atoms. The Morgan fingerprint density at radius 2 is 2.05 bits per heavy atom. The molecule has 118 valence electrons. The Morgan fingerprint density at radius 3 is 2.68 bits per heavy atom. The molecule has 1 aliphatic heterocycles. The fraction of sp³-hybridized carbons (Fsp3) is 0.357. The Bertz CT molecular complexity index is 564. The van der Waals surface area contributed by atoms with E-state index in [0.29, 0.717) is 12.3 Å². The quantitative estimate of drug-likeness (QED) is 0.632. The maximum atomic E-state index is 12.7. The number of carbonyl (C=O) groups is 3. The molecule has 8 heteroatoms. The molecule has 6 nitrogen and oxygen atoms in total. The molecule has 1 aliphatic rings. The maximum absolute atomic E-state index is 12.7. The van der Waals surface area contributed by atoms with Crippen LogP contribution in [0.5, 0.6) is 0 Å². The Labute approximate surface area is 131 Å². The van der Waals surface area contributed by atoms with E-state index in [2.05, 4.69) is 5.32 Å². The van der Waals surface area contributed by atoms with Gasteiger partial charge in [-0.05, 0) is 24.3 Å². The maximum Gasteiger partial charge on any atom is 0.324 e. The molecule has 1 fully saturated rings. The molecule has 2 rings (SSSR count). The lowest BCUT2D eigenvalue weighted by molar-refractivity contribution is -0.150. The molecule has 3 amide bonds. The molecular formula is C14H15FN2O4S. The minimum Gasteiger partial charge on any atom is -0.456 e. The van der Waals surface area contributed by atoms with Crippen molar-refractivity contribution in [3.05, 3.63) is 30.1 Å². The Balaban J connectivity index is 1.64. The van der Waals surface area contributed by atoms with E-state index < -0.39 is 24.5 Å². The molecule has 0 spiro atoms. The van der Waals surface area contributed by atoms with Gasteiger partial charge in [-0.3, -0.25) is 14.5 Å². The van der Waals surface area contributed by atoms with Crippen LogP contribution >= 0.6 is 11.8 Å². The predicted octanol–water partition coefficient (Wildman–Crippen LogP) is 1.40. The minimum absolute atomic E-state index is 0.127. The molecule has 1 saturated heterocycles. The third-order valence-electron chi connectivity index (χ3n) is 2.90. The first-order chi connectivity index (χ1) is 10.6. The second-order valence-electron chi connectivity index (χ2n) is 4.49. The third kappa shape index (κ3) is 4.73. The van der Waals surface area contributed by atoms with Gasteiger partial charge in [0.15, 0.2) is 6.61 Å². The lowest BCUT2D eigenvalue weighted by Crippen LogP contribution is -2.37. The minimum atomic E-state index is -0.533. The molecular weight excluding hydrogens is 311 g/mol. The van der Waals surface area contributed by atoms with Crippen molar-refractivity contribution in [1.82, 2.24) is 10.2 Å². The van der Waals surface area contributed by atoms with Gasteiger partial charge in [0, 0.05) is 23.7 Å². The third-order valence-corrected chi connectivity index (χ3v) is 3.92. The predicted molar refractivity (Wildman–Crippen MR) is 77.8 cm³/mol. The summed E-state index contributed by atoms with van der Waals surface area (Å²) in [5, 5.41) is 2.49. The summed E-state index contributed by atoms with van der Waals surface area (Å²) in [4.78, 5) is 36.3. The van der Waals surface area contributed by atoms with Crippen LogP contribution in [0.3, 0.4) is 0 Å². The van der Waals surface area contributed by atoms with Gasteiger partial charge in [-0.2, -0.15) is 0 Å². The first-order valence-corrected chi connectivity index (χ1v) is 7.67. The van der Waals surface area contributed by atoms with Crippen LogP contribution in [0.15, 0.2) is 29.2 Å². The highest BCUT2D eigenvalue weighted by molar-refractivity contribution is 7.99. The number of benzene rings is 1. The topological polar surface area (TPSA) is 75.7 Å². The second-order valence-corrected chi connectivity index (χ2v) is 5.66. The highest BCUT2D eigenvalue weighted by atomic mass is 32.2. The fourth-order valence-corrected chi connectivity index (χ4v) is 2.62. The van der Waals surface area contributed by atoms with Crippen molar-refractivity contribution >= 4 is 29.7 Å². The van der Waals surface area contributed by atoms with Crippen LogP contribution in [0.25, 0.3) is 0 Å². The van der Waals surface area contributed by atoms with Gasteiger partial charge < -0.3 is 10.1 Å². The van der Waals surface area contributed by atoms with Gasteiger partial charge in [0.1, 0.15) is 5.82 Å². The summed E-state index contributed by atoms with van der Waals surface area (Å²) in [6.07, 6.45) is 0.127. The fourth-order valence-electron chi connectivity index (χ4n) is 1.78. The number of carbonyl (C=O) groups excluding carboxylic acids is 3. The Kier molecular flexibility index (Phi) is 5.76. The molecule has 1 aromatic carbocycles. The number of urea groups is 1. The van der Waals surface area contributed by atoms with E-state index >= 15 is 0 Å². The van der Waals surface area contributed by atoms with E-state index in [1.165, 1.54) is 23.9 Å². The summed E-state index contributed by atoms with van der Waals surface area (Å²) >= 11 is 1.39. The average Bonchev–Trinajstić information content (AvgIpc) is 2.93. The molecule has 1 heterocycles. The number of ether oxygens (including phenoxy) is 1. The van der Waals surface area contributed by atoms with Crippen LogP contribution in [0, 0.1) is 5.82 Å². The lowest BCUT2D eigenvalue weighted by atomic mass is 10.4. The normalized spacial score (nSPS) is 13.9. The van der Waals surface area contributed by atoms with Crippen LogP contribution in [0.4, 0.5) is 9.18 Å². The van der Waals surface area contributed by atoms with Crippen molar-refractivity contribution in [2.24, 2.45) is 0 Å². The lowest BCUT2D eigenvalue weighted by Gasteiger charge is -2.12. The molecule has 0 atom stereocenters. The van der Waals surface area contributed by atoms with E-state index in [9.17, 15) is 18.8 Å². The number of nitrogens with one attached hydrogen (secondary N) is 1. The highest BCUT2D eigenvalue weighted by Crippen LogP contribution is 2.18. The summed E-state index contributed by atoms with van der Waals surface area (Å²) < 4.78 is 17.6. The van der Waals surface area contributed by atoms with Crippen molar-refractivity contribution in [2.45, 2.75) is 11.3 Å². The monoisotopic (exact) mass is 326 g/mol. The van der Waals surface area contributed by atoms with Crippen LogP contribution in [-0.2, 0) is 14.3 Å². The van der Waals surface area contributed by atoms with Crippen molar-refractivity contribution < 1.29 is 23.5 Å². The van der Waals surface area contributed by atoms with Gasteiger partial charge in [0.25, 0.3) is 5.91 Å². The number of rotatable bonds is 6.